The molecule has 4 rings (SSSR count). The van der Waals surface area contributed by atoms with Gasteiger partial charge in [-0.3, -0.25) is 0 Å². The molecule has 0 aromatic carbocycles. The van der Waals surface area contributed by atoms with Crippen molar-refractivity contribution in [3.63, 3.8) is 0 Å². The van der Waals surface area contributed by atoms with Crippen LogP contribution in [0.3, 0.4) is 0 Å². The van der Waals surface area contributed by atoms with Crippen LogP contribution in [-0.2, 0) is 17.1 Å². The molecule has 8 nitrogen and oxygen atoms in total. The fourth-order valence-electron chi connectivity index (χ4n) is 2.97. The van der Waals surface area contributed by atoms with E-state index in [0.29, 0.717) is 18.4 Å². The number of sulfonamides is 1. The minimum Gasteiger partial charge on any atom is -0.339 e. The quantitative estimate of drug-likeness (QED) is 0.853. The summed E-state index contributed by atoms with van der Waals surface area (Å²) in [7, 11) is -1.85. The predicted octanol–water partition coefficient (Wildman–Crippen LogP) is 0.645. The normalized spacial score (nSPS) is 21.4. The largest absolute Gasteiger partial charge is 0.339 e. The van der Waals surface area contributed by atoms with E-state index in [-0.39, 0.29) is 11.1 Å². The van der Waals surface area contributed by atoms with Crippen molar-refractivity contribution in [2.45, 2.75) is 36.2 Å². The van der Waals surface area contributed by atoms with Gasteiger partial charge in [-0.05, 0) is 25.3 Å². The summed E-state index contributed by atoms with van der Waals surface area (Å²) in [5.41, 5.74) is 1.09. The molecule has 1 unspecified atom stereocenters. The molecule has 1 saturated heterocycles. The summed E-state index contributed by atoms with van der Waals surface area (Å²) >= 11 is 0. The Labute approximate surface area is 141 Å². The van der Waals surface area contributed by atoms with Crippen molar-refractivity contribution in [1.29, 1.82) is 0 Å². The SMILES string of the molecule is Cn1cnc(S(=O)(=O)NC2CCN(c3nccc(C4CC4)n3)C2)c1. The maximum Gasteiger partial charge on any atom is 0.259 e. The zero-order chi connectivity index (χ0) is 16.7. The summed E-state index contributed by atoms with van der Waals surface area (Å²) in [6.45, 7) is 1.31. The van der Waals surface area contributed by atoms with Crippen LogP contribution in [0.4, 0.5) is 5.95 Å². The fraction of sp³-hybridized carbons (Fsp3) is 0.533. The third kappa shape index (κ3) is 3.13. The van der Waals surface area contributed by atoms with Gasteiger partial charge in [0.15, 0.2) is 5.03 Å². The van der Waals surface area contributed by atoms with E-state index in [0.717, 1.165) is 18.7 Å². The van der Waals surface area contributed by atoms with Gasteiger partial charge in [-0.1, -0.05) is 0 Å². The third-order valence-electron chi connectivity index (χ3n) is 4.41. The lowest BCUT2D eigenvalue weighted by molar-refractivity contribution is 0.558. The van der Waals surface area contributed by atoms with Gasteiger partial charge in [0, 0.05) is 50.2 Å². The highest BCUT2D eigenvalue weighted by Gasteiger charge is 2.31. The molecule has 0 bridgehead atoms. The highest BCUT2D eigenvalue weighted by atomic mass is 32.2. The predicted molar refractivity (Wildman–Crippen MR) is 88.2 cm³/mol. The lowest BCUT2D eigenvalue weighted by Crippen LogP contribution is -2.37. The van der Waals surface area contributed by atoms with Gasteiger partial charge in [0.05, 0.1) is 6.33 Å². The molecule has 1 aliphatic heterocycles. The smallest absolute Gasteiger partial charge is 0.259 e. The molecule has 2 aromatic heterocycles. The number of nitrogens with zero attached hydrogens (tertiary/aromatic N) is 5. The van der Waals surface area contributed by atoms with E-state index in [2.05, 4.69) is 19.7 Å². The van der Waals surface area contributed by atoms with Crippen LogP contribution in [0, 0.1) is 0 Å². The number of aromatic nitrogens is 4. The van der Waals surface area contributed by atoms with Crippen molar-refractivity contribution in [2.24, 2.45) is 7.05 Å². The molecule has 0 spiro atoms. The Balaban J connectivity index is 1.44. The van der Waals surface area contributed by atoms with Gasteiger partial charge in [-0.2, -0.15) is 0 Å². The van der Waals surface area contributed by atoms with Crippen molar-refractivity contribution >= 4 is 16.0 Å². The van der Waals surface area contributed by atoms with Crippen LogP contribution in [0.25, 0.3) is 0 Å². The average molecular weight is 348 g/mol. The fourth-order valence-corrected chi connectivity index (χ4v) is 4.21. The van der Waals surface area contributed by atoms with Crippen molar-refractivity contribution in [3.8, 4) is 0 Å². The number of imidazole rings is 1. The summed E-state index contributed by atoms with van der Waals surface area (Å²) < 4.78 is 29.1. The molecule has 9 heteroatoms. The number of anilines is 1. The van der Waals surface area contributed by atoms with Crippen molar-refractivity contribution < 1.29 is 8.42 Å². The monoisotopic (exact) mass is 348 g/mol. The second-order valence-corrected chi connectivity index (χ2v) is 8.15. The van der Waals surface area contributed by atoms with Gasteiger partial charge in [0.25, 0.3) is 10.0 Å². The first-order valence-electron chi connectivity index (χ1n) is 8.09. The standard InChI is InChI=1S/C15H20N6O2S/c1-20-9-14(17-10-20)24(22,23)19-12-5-7-21(8-12)15-16-6-4-13(18-15)11-2-3-11/h4,6,9-12,19H,2-3,5,7-8H2,1H3. The molecule has 3 heterocycles. The van der Waals surface area contributed by atoms with E-state index in [4.69, 9.17) is 0 Å². The molecule has 1 saturated carbocycles. The molecule has 0 radical (unpaired) electrons. The zero-order valence-corrected chi connectivity index (χ0v) is 14.3. The van der Waals surface area contributed by atoms with Crippen LogP contribution in [0.15, 0.2) is 29.8 Å². The van der Waals surface area contributed by atoms with E-state index < -0.39 is 10.0 Å². The lowest BCUT2D eigenvalue weighted by Gasteiger charge is -2.17. The Hall–Kier alpha value is -2.00. The molecule has 24 heavy (non-hydrogen) atoms. The second-order valence-electron chi connectivity index (χ2n) is 6.49. The topological polar surface area (TPSA) is 93.0 Å². The molecule has 1 N–H and O–H groups in total. The molecule has 2 fully saturated rings. The van der Waals surface area contributed by atoms with Crippen molar-refractivity contribution in [1.82, 2.24) is 24.2 Å². The van der Waals surface area contributed by atoms with Crippen molar-refractivity contribution in [2.75, 3.05) is 18.0 Å². The van der Waals surface area contributed by atoms with Gasteiger partial charge in [-0.15, -0.1) is 0 Å². The second kappa shape index (κ2) is 5.82. The molecule has 1 aliphatic carbocycles. The highest BCUT2D eigenvalue weighted by molar-refractivity contribution is 7.89. The van der Waals surface area contributed by atoms with Crippen LogP contribution in [0.1, 0.15) is 30.9 Å². The van der Waals surface area contributed by atoms with Crippen molar-refractivity contribution in [3.05, 3.63) is 30.5 Å². The first-order chi connectivity index (χ1) is 11.5. The highest BCUT2D eigenvalue weighted by Crippen LogP contribution is 2.39. The minimum absolute atomic E-state index is 0.0513. The summed E-state index contributed by atoms with van der Waals surface area (Å²) in [5, 5.41) is 0.0513. The number of hydrogen-bond donors (Lipinski definition) is 1. The Morgan fingerprint density at radius 3 is 2.79 bits per heavy atom. The molecule has 2 aromatic rings. The van der Waals surface area contributed by atoms with E-state index in [1.54, 1.807) is 17.8 Å². The Bertz CT molecular complexity index is 845. The Morgan fingerprint density at radius 2 is 2.08 bits per heavy atom. The molecule has 0 amide bonds. The van der Waals surface area contributed by atoms with Gasteiger partial charge < -0.3 is 9.47 Å². The average Bonchev–Trinajstić information content (AvgIpc) is 3.15. The molecule has 128 valence electrons. The molecule has 2 aliphatic rings. The van der Waals surface area contributed by atoms with Crippen LogP contribution < -0.4 is 9.62 Å². The minimum atomic E-state index is -3.59. The first kappa shape index (κ1) is 15.5. The molecular formula is C15H20N6O2S. The van der Waals surface area contributed by atoms with E-state index >= 15 is 0 Å². The van der Waals surface area contributed by atoms with Gasteiger partial charge in [0.1, 0.15) is 0 Å². The van der Waals surface area contributed by atoms with Gasteiger partial charge >= 0.3 is 0 Å². The van der Waals surface area contributed by atoms with Gasteiger partial charge in [-0.25, -0.2) is 28.1 Å². The number of aryl methyl sites for hydroxylation is 1. The van der Waals surface area contributed by atoms with Gasteiger partial charge in [0.2, 0.25) is 5.95 Å². The Kier molecular flexibility index (Phi) is 3.76. The van der Waals surface area contributed by atoms with E-state index in [1.807, 2.05) is 11.0 Å². The van der Waals surface area contributed by atoms with Crippen LogP contribution >= 0.6 is 0 Å². The number of hydrogen-bond acceptors (Lipinski definition) is 6. The number of nitrogens with one attached hydrogen (secondary N) is 1. The summed E-state index contributed by atoms with van der Waals surface area (Å²) in [6, 6.07) is 1.81. The Morgan fingerprint density at radius 1 is 1.25 bits per heavy atom. The van der Waals surface area contributed by atoms with Crippen LogP contribution in [0.2, 0.25) is 0 Å². The van der Waals surface area contributed by atoms with E-state index in [9.17, 15) is 8.42 Å². The first-order valence-corrected chi connectivity index (χ1v) is 9.58. The van der Waals surface area contributed by atoms with Crippen LogP contribution in [-0.4, -0.2) is 47.1 Å². The van der Waals surface area contributed by atoms with E-state index in [1.165, 1.54) is 25.4 Å². The maximum atomic E-state index is 12.4. The lowest BCUT2D eigenvalue weighted by atomic mass is 10.3. The third-order valence-corrected chi connectivity index (χ3v) is 5.81. The summed E-state index contributed by atoms with van der Waals surface area (Å²) in [5.74, 6) is 1.27. The van der Waals surface area contributed by atoms with Crippen LogP contribution in [0.5, 0.6) is 0 Å². The summed E-state index contributed by atoms with van der Waals surface area (Å²) in [6.07, 6.45) is 7.89. The number of rotatable bonds is 5. The maximum absolute atomic E-state index is 12.4. The summed E-state index contributed by atoms with van der Waals surface area (Å²) in [4.78, 5) is 14.9. The zero-order valence-electron chi connectivity index (χ0n) is 13.5. The molecular weight excluding hydrogens is 328 g/mol. The molecule has 1 atom stereocenters.